The number of benzene rings is 4. The lowest BCUT2D eigenvalue weighted by Crippen LogP contribution is -2.09. The van der Waals surface area contributed by atoms with Crippen molar-refractivity contribution < 1.29 is 0 Å². The highest BCUT2D eigenvalue weighted by Gasteiger charge is 2.11. The van der Waals surface area contributed by atoms with Gasteiger partial charge < -0.3 is 4.90 Å². The van der Waals surface area contributed by atoms with Gasteiger partial charge in [-0.05, 0) is 54.1 Å². The first-order chi connectivity index (χ1) is 14.3. The third kappa shape index (κ3) is 4.65. The van der Waals surface area contributed by atoms with E-state index in [0.717, 1.165) is 28.3 Å². The second-order valence-electron chi connectivity index (χ2n) is 6.45. The molecule has 4 heteroatoms. The Morgan fingerprint density at radius 1 is 0.621 bits per heavy atom. The van der Waals surface area contributed by atoms with E-state index in [-0.39, 0.29) is 0 Å². The molecule has 4 rings (SSSR count). The Kier molecular flexibility index (Phi) is 5.89. The van der Waals surface area contributed by atoms with Crippen molar-refractivity contribution in [2.24, 2.45) is 5.10 Å². The first kappa shape index (κ1) is 18.8. The molecule has 1 N–H and O–H groups in total. The average Bonchev–Trinajstić information content (AvgIpc) is 2.78. The topological polar surface area (TPSA) is 27.6 Å². The number of rotatable bonds is 6. The molecule has 0 unspecified atom stereocenters. The smallest absolute Gasteiger partial charge is 0.0748 e. The number of halogens is 1. The van der Waals surface area contributed by atoms with E-state index >= 15 is 0 Å². The Morgan fingerprint density at radius 2 is 1.14 bits per heavy atom. The van der Waals surface area contributed by atoms with Gasteiger partial charge in [-0.25, -0.2) is 0 Å². The molecule has 29 heavy (non-hydrogen) atoms. The van der Waals surface area contributed by atoms with E-state index in [1.165, 1.54) is 0 Å². The fourth-order valence-corrected chi connectivity index (χ4v) is 3.22. The summed E-state index contributed by atoms with van der Waals surface area (Å²) in [5.41, 5.74) is 8.06. The van der Waals surface area contributed by atoms with Crippen LogP contribution in [0.4, 0.5) is 22.7 Å². The lowest BCUT2D eigenvalue weighted by Gasteiger charge is -2.25. The molecule has 0 spiro atoms. The molecule has 0 radical (unpaired) electrons. The third-order valence-electron chi connectivity index (χ3n) is 4.45. The van der Waals surface area contributed by atoms with Gasteiger partial charge in [0.25, 0.3) is 0 Å². The normalized spacial score (nSPS) is 10.8. The summed E-state index contributed by atoms with van der Waals surface area (Å²) in [6.07, 6.45) is 1.78. The molecule has 0 aliphatic heterocycles. The second kappa shape index (κ2) is 9.09. The lowest BCUT2D eigenvalue weighted by atomic mass is 10.1. The number of para-hydroxylation sites is 3. The average molecular weight is 398 g/mol. The van der Waals surface area contributed by atoms with Crippen LogP contribution in [0, 0.1) is 0 Å². The summed E-state index contributed by atoms with van der Waals surface area (Å²) in [7, 11) is 0. The summed E-state index contributed by atoms with van der Waals surface area (Å²) in [4.78, 5) is 2.23. The predicted octanol–water partition coefficient (Wildman–Crippen LogP) is 7.26. The van der Waals surface area contributed by atoms with Crippen LogP contribution < -0.4 is 10.3 Å². The zero-order chi connectivity index (χ0) is 19.9. The van der Waals surface area contributed by atoms with Crippen molar-refractivity contribution in [3.63, 3.8) is 0 Å². The Labute approximate surface area is 175 Å². The Morgan fingerprint density at radius 3 is 1.72 bits per heavy atom. The maximum Gasteiger partial charge on any atom is 0.0748 e. The number of hydrazone groups is 1. The highest BCUT2D eigenvalue weighted by molar-refractivity contribution is 6.33. The molecule has 0 aliphatic rings. The minimum atomic E-state index is 0.640. The van der Waals surface area contributed by atoms with Crippen molar-refractivity contribution in [1.82, 2.24) is 0 Å². The molecule has 3 nitrogen and oxygen atoms in total. The first-order valence-electron chi connectivity index (χ1n) is 9.35. The van der Waals surface area contributed by atoms with E-state index in [1.807, 2.05) is 72.8 Å². The Hall–Kier alpha value is -3.56. The second-order valence-corrected chi connectivity index (χ2v) is 6.86. The van der Waals surface area contributed by atoms with Gasteiger partial charge in [-0.3, -0.25) is 5.43 Å². The molecule has 0 bridgehead atoms. The summed E-state index contributed by atoms with van der Waals surface area (Å²) < 4.78 is 0. The van der Waals surface area contributed by atoms with Crippen molar-refractivity contribution in [2.75, 3.05) is 10.3 Å². The zero-order valence-electron chi connectivity index (χ0n) is 15.7. The molecule has 0 aliphatic carbocycles. The fourth-order valence-electron chi connectivity index (χ4n) is 3.04. The molecule has 4 aromatic rings. The molecule has 142 valence electrons. The Balaban J connectivity index is 1.56. The van der Waals surface area contributed by atoms with Gasteiger partial charge in [-0.15, -0.1) is 0 Å². The van der Waals surface area contributed by atoms with Crippen LogP contribution in [0.1, 0.15) is 5.56 Å². The van der Waals surface area contributed by atoms with Crippen molar-refractivity contribution >= 4 is 40.6 Å². The fraction of sp³-hybridized carbons (Fsp3) is 0. The van der Waals surface area contributed by atoms with Gasteiger partial charge in [0.05, 0.1) is 16.9 Å². The SMILES string of the molecule is Clc1ccccc1N/N=C/c1ccc(N(c2ccccc2)c2ccccc2)cc1. The summed E-state index contributed by atoms with van der Waals surface area (Å²) in [6, 6.07) is 36.5. The molecule has 0 fully saturated rings. The van der Waals surface area contributed by atoms with Crippen molar-refractivity contribution in [2.45, 2.75) is 0 Å². The van der Waals surface area contributed by atoms with Crippen LogP contribution in [-0.2, 0) is 0 Å². The van der Waals surface area contributed by atoms with Crippen LogP contribution in [0.5, 0.6) is 0 Å². The van der Waals surface area contributed by atoms with E-state index in [0.29, 0.717) is 5.02 Å². The molecular formula is C25H20ClN3. The Bertz CT molecular complexity index is 1040. The van der Waals surface area contributed by atoms with E-state index in [4.69, 9.17) is 11.6 Å². The van der Waals surface area contributed by atoms with Gasteiger partial charge in [0.2, 0.25) is 0 Å². The van der Waals surface area contributed by atoms with Gasteiger partial charge in [-0.2, -0.15) is 5.10 Å². The lowest BCUT2D eigenvalue weighted by molar-refractivity contribution is 1.28. The molecule has 4 aromatic carbocycles. The van der Waals surface area contributed by atoms with Crippen molar-refractivity contribution in [3.05, 3.63) is 120 Å². The van der Waals surface area contributed by atoms with Gasteiger partial charge in [0.1, 0.15) is 0 Å². The van der Waals surface area contributed by atoms with Crippen LogP contribution in [0.15, 0.2) is 114 Å². The van der Waals surface area contributed by atoms with Crippen LogP contribution >= 0.6 is 11.6 Å². The largest absolute Gasteiger partial charge is 0.311 e. The maximum atomic E-state index is 6.14. The highest BCUT2D eigenvalue weighted by atomic mass is 35.5. The first-order valence-corrected chi connectivity index (χ1v) is 9.73. The molecule has 0 aromatic heterocycles. The monoisotopic (exact) mass is 397 g/mol. The zero-order valence-corrected chi connectivity index (χ0v) is 16.5. The third-order valence-corrected chi connectivity index (χ3v) is 4.78. The highest BCUT2D eigenvalue weighted by Crippen LogP contribution is 2.33. The number of nitrogens with one attached hydrogen (secondary N) is 1. The number of nitrogens with zero attached hydrogens (tertiary/aromatic N) is 2. The summed E-state index contributed by atoms with van der Waals surface area (Å²) in [5.74, 6) is 0. The summed E-state index contributed by atoms with van der Waals surface area (Å²) in [5, 5.41) is 4.93. The number of anilines is 4. The summed E-state index contributed by atoms with van der Waals surface area (Å²) >= 11 is 6.14. The predicted molar refractivity (Wildman–Crippen MR) is 124 cm³/mol. The molecule has 0 amide bonds. The maximum absolute atomic E-state index is 6.14. The van der Waals surface area contributed by atoms with E-state index in [1.54, 1.807) is 6.21 Å². The summed E-state index contributed by atoms with van der Waals surface area (Å²) in [6.45, 7) is 0. The quantitative estimate of drug-likeness (QED) is 0.274. The minimum absolute atomic E-state index is 0.640. The molecule has 0 saturated carbocycles. The van der Waals surface area contributed by atoms with Crippen LogP contribution in [-0.4, -0.2) is 6.21 Å². The van der Waals surface area contributed by atoms with Gasteiger partial charge >= 0.3 is 0 Å². The minimum Gasteiger partial charge on any atom is -0.311 e. The van der Waals surface area contributed by atoms with E-state index < -0.39 is 0 Å². The molecule has 0 atom stereocenters. The molecule has 0 saturated heterocycles. The van der Waals surface area contributed by atoms with Crippen LogP contribution in [0.25, 0.3) is 0 Å². The molecule has 0 heterocycles. The van der Waals surface area contributed by atoms with Crippen LogP contribution in [0.2, 0.25) is 5.02 Å². The van der Waals surface area contributed by atoms with Gasteiger partial charge in [0.15, 0.2) is 0 Å². The van der Waals surface area contributed by atoms with Gasteiger partial charge in [-0.1, -0.05) is 72.3 Å². The number of hydrogen-bond donors (Lipinski definition) is 1. The van der Waals surface area contributed by atoms with Gasteiger partial charge in [0, 0.05) is 17.1 Å². The standard InChI is InChI=1S/C25H20ClN3/c26-24-13-7-8-14-25(24)28-27-19-20-15-17-23(18-16-20)29(21-9-3-1-4-10-21)22-11-5-2-6-12-22/h1-19,28H/b27-19+. The number of hydrogen-bond acceptors (Lipinski definition) is 3. The van der Waals surface area contributed by atoms with Crippen molar-refractivity contribution in [1.29, 1.82) is 0 Å². The van der Waals surface area contributed by atoms with Crippen LogP contribution in [0.3, 0.4) is 0 Å². The van der Waals surface area contributed by atoms with E-state index in [2.05, 4.69) is 51.8 Å². The van der Waals surface area contributed by atoms with Crippen molar-refractivity contribution in [3.8, 4) is 0 Å². The molecular weight excluding hydrogens is 378 g/mol. The van der Waals surface area contributed by atoms with E-state index in [9.17, 15) is 0 Å².